The van der Waals surface area contributed by atoms with Gasteiger partial charge in [-0.3, -0.25) is 4.79 Å². The lowest BCUT2D eigenvalue weighted by molar-refractivity contribution is -0.134. The van der Waals surface area contributed by atoms with Crippen LogP contribution < -0.4 is 10.5 Å². The molecule has 0 aromatic heterocycles. The quantitative estimate of drug-likeness (QED) is 0.918. The van der Waals surface area contributed by atoms with Gasteiger partial charge in [-0.15, -0.1) is 0 Å². The number of likely N-dealkylation sites (tertiary alicyclic amines) is 1. The van der Waals surface area contributed by atoms with Gasteiger partial charge < -0.3 is 15.4 Å². The number of carbonyl (C=O) groups is 1. The topological polar surface area (TPSA) is 55.6 Å². The Balaban J connectivity index is 2.15. The predicted molar refractivity (Wildman–Crippen MR) is 79.5 cm³/mol. The van der Waals surface area contributed by atoms with E-state index in [4.69, 9.17) is 10.5 Å². The van der Waals surface area contributed by atoms with Gasteiger partial charge in [0.15, 0.2) is 0 Å². The van der Waals surface area contributed by atoms with Crippen LogP contribution in [0.3, 0.4) is 0 Å². The smallest absolute Gasteiger partial charge is 0.240 e. The minimum absolute atomic E-state index is 0.0679. The van der Waals surface area contributed by atoms with Gasteiger partial charge in [-0.05, 0) is 36.5 Å². The molecule has 1 aromatic rings. The van der Waals surface area contributed by atoms with Crippen LogP contribution in [0.1, 0.15) is 38.3 Å². The third-order valence-electron chi connectivity index (χ3n) is 4.04. The third kappa shape index (κ3) is 2.96. The summed E-state index contributed by atoms with van der Waals surface area (Å²) >= 11 is 0. The van der Waals surface area contributed by atoms with Gasteiger partial charge in [0.05, 0.1) is 19.2 Å². The molecule has 0 aliphatic carbocycles. The van der Waals surface area contributed by atoms with E-state index in [9.17, 15) is 4.79 Å². The first-order chi connectivity index (χ1) is 9.54. The zero-order chi connectivity index (χ0) is 14.7. The van der Waals surface area contributed by atoms with Crippen molar-refractivity contribution in [2.24, 2.45) is 11.7 Å². The van der Waals surface area contributed by atoms with Gasteiger partial charge in [0.25, 0.3) is 0 Å². The highest BCUT2D eigenvalue weighted by Gasteiger charge is 2.33. The number of amides is 1. The van der Waals surface area contributed by atoms with E-state index in [-0.39, 0.29) is 17.9 Å². The summed E-state index contributed by atoms with van der Waals surface area (Å²) in [5.41, 5.74) is 7.17. The van der Waals surface area contributed by atoms with Gasteiger partial charge in [0.2, 0.25) is 5.91 Å². The molecule has 1 heterocycles. The molecule has 2 rings (SSSR count). The second-order valence-electron chi connectivity index (χ2n) is 5.73. The fourth-order valence-electron chi connectivity index (χ4n) is 2.68. The molecule has 1 unspecified atom stereocenters. The number of ether oxygens (including phenoxy) is 1. The largest absolute Gasteiger partial charge is 0.497 e. The van der Waals surface area contributed by atoms with Crippen LogP contribution in [0.15, 0.2) is 24.3 Å². The molecule has 0 bridgehead atoms. The maximum atomic E-state index is 12.5. The van der Waals surface area contributed by atoms with Crippen LogP contribution in [0.25, 0.3) is 0 Å². The number of benzene rings is 1. The monoisotopic (exact) mass is 276 g/mol. The van der Waals surface area contributed by atoms with Crippen LogP contribution >= 0.6 is 0 Å². The van der Waals surface area contributed by atoms with E-state index >= 15 is 0 Å². The van der Waals surface area contributed by atoms with E-state index in [0.29, 0.717) is 0 Å². The van der Waals surface area contributed by atoms with E-state index in [1.54, 1.807) is 7.11 Å². The second-order valence-corrected chi connectivity index (χ2v) is 5.73. The molecule has 4 nitrogen and oxygen atoms in total. The van der Waals surface area contributed by atoms with Crippen molar-refractivity contribution >= 4 is 5.91 Å². The number of nitrogens with two attached hydrogens (primary N) is 1. The highest BCUT2D eigenvalue weighted by Crippen LogP contribution is 2.33. The molecule has 0 radical (unpaired) electrons. The number of rotatable bonds is 4. The van der Waals surface area contributed by atoms with E-state index in [1.165, 1.54) is 0 Å². The van der Waals surface area contributed by atoms with Crippen LogP contribution in [0.5, 0.6) is 5.75 Å². The van der Waals surface area contributed by atoms with Crippen LogP contribution in [-0.4, -0.2) is 30.5 Å². The average molecular weight is 276 g/mol. The van der Waals surface area contributed by atoms with Crippen molar-refractivity contribution in [1.82, 2.24) is 4.90 Å². The summed E-state index contributed by atoms with van der Waals surface area (Å²) in [5.74, 6) is 1.07. The lowest BCUT2D eigenvalue weighted by atomic mass is 10.0. The Bertz CT molecular complexity index is 456. The van der Waals surface area contributed by atoms with Crippen LogP contribution in [-0.2, 0) is 4.79 Å². The van der Waals surface area contributed by atoms with E-state index in [0.717, 1.165) is 30.7 Å². The fraction of sp³-hybridized carbons (Fsp3) is 0.562. The highest BCUT2D eigenvalue weighted by atomic mass is 16.5. The zero-order valence-electron chi connectivity index (χ0n) is 12.5. The first-order valence-corrected chi connectivity index (χ1v) is 7.24. The van der Waals surface area contributed by atoms with E-state index in [1.807, 2.05) is 43.0 Å². The Hall–Kier alpha value is -1.55. The molecule has 2 atom stereocenters. The molecule has 20 heavy (non-hydrogen) atoms. The SMILES string of the molecule is COc1ccc(C2CCCN2C(=O)[C@@H](N)C(C)C)cc1. The molecule has 0 spiro atoms. The highest BCUT2D eigenvalue weighted by molar-refractivity contribution is 5.82. The molecule has 110 valence electrons. The molecule has 1 aliphatic rings. The lowest BCUT2D eigenvalue weighted by Crippen LogP contribution is -2.46. The molecular weight excluding hydrogens is 252 g/mol. The number of carbonyl (C=O) groups excluding carboxylic acids is 1. The van der Waals surface area contributed by atoms with Crippen LogP contribution in [0.4, 0.5) is 0 Å². The van der Waals surface area contributed by atoms with E-state index < -0.39 is 6.04 Å². The number of hydrogen-bond donors (Lipinski definition) is 1. The van der Waals surface area contributed by atoms with Crippen LogP contribution in [0.2, 0.25) is 0 Å². The minimum atomic E-state index is -0.408. The van der Waals surface area contributed by atoms with Crippen molar-refractivity contribution < 1.29 is 9.53 Å². The van der Waals surface area contributed by atoms with Crippen molar-refractivity contribution in [3.63, 3.8) is 0 Å². The van der Waals surface area contributed by atoms with Gasteiger partial charge in [-0.2, -0.15) is 0 Å². The first-order valence-electron chi connectivity index (χ1n) is 7.24. The van der Waals surface area contributed by atoms with Crippen molar-refractivity contribution in [3.05, 3.63) is 29.8 Å². The summed E-state index contributed by atoms with van der Waals surface area (Å²) in [7, 11) is 1.65. The molecule has 1 aliphatic heterocycles. The Morgan fingerprint density at radius 1 is 1.35 bits per heavy atom. The summed E-state index contributed by atoms with van der Waals surface area (Å²) in [6.07, 6.45) is 2.04. The summed E-state index contributed by atoms with van der Waals surface area (Å²) in [6.45, 7) is 4.78. The Morgan fingerprint density at radius 2 is 2.00 bits per heavy atom. The number of nitrogens with zero attached hydrogens (tertiary/aromatic N) is 1. The Labute approximate surface area is 120 Å². The van der Waals surface area contributed by atoms with Crippen molar-refractivity contribution in [1.29, 1.82) is 0 Å². The Morgan fingerprint density at radius 3 is 2.55 bits per heavy atom. The van der Waals surface area contributed by atoms with E-state index in [2.05, 4.69) is 0 Å². The molecule has 2 N–H and O–H groups in total. The van der Waals surface area contributed by atoms with Crippen LogP contribution in [0, 0.1) is 5.92 Å². The van der Waals surface area contributed by atoms with Gasteiger partial charge in [-0.1, -0.05) is 26.0 Å². The van der Waals surface area contributed by atoms with Gasteiger partial charge in [-0.25, -0.2) is 0 Å². The maximum Gasteiger partial charge on any atom is 0.240 e. The summed E-state index contributed by atoms with van der Waals surface area (Å²) in [6, 6.07) is 7.70. The Kier molecular flexibility index (Phi) is 4.65. The standard InChI is InChI=1S/C16H24N2O2/c1-11(2)15(17)16(19)18-10-4-5-14(18)12-6-8-13(20-3)9-7-12/h6-9,11,14-15H,4-5,10,17H2,1-3H3/t14?,15-/m0/s1. The summed E-state index contributed by atoms with van der Waals surface area (Å²) < 4.78 is 5.18. The molecule has 1 fully saturated rings. The predicted octanol–water partition coefficient (Wildman–Crippen LogP) is 2.34. The average Bonchev–Trinajstić information content (AvgIpc) is 2.95. The molecule has 1 amide bonds. The molecule has 0 saturated carbocycles. The minimum Gasteiger partial charge on any atom is -0.497 e. The van der Waals surface area contributed by atoms with Gasteiger partial charge in [0.1, 0.15) is 5.75 Å². The first kappa shape index (κ1) is 14.9. The van der Waals surface area contributed by atoms with Gasteiger partial charge in [0, 0.05) is 6.54 Å². The lowest BCUT2D eigenvalue weighted by Gasteiger charge is -2.29. The molecular formula is C16H24N2O2. The number of hydrogen-bond acceptors (Lipinski definition) is 3. The maximum absolute atomic E-state index is 12.5. The molecule has 4 heteroatoms. The van der Waals surface area contributed by atoms with Crippen molar-refractivity contribution in [3.8, 4) is 5.75 Å². The summed E-state index contributed by atoms with van der Waals surface area (Å²) in [5, 5.41) is 0. The fourth-order valence-corrected chi connectivity index (χ4v) is 2.68. The van der Waals surface area contributed by atoms with Gasteiger partial charge >= 0.3 is 0 Å². The molecule has 1 aromatic carbocycles. The normalized spacial score (nSPS) is 20.2. The summed E-state index contributed by atoms with van der Waals surface area (Å²) in [4.78, 5) is 14.4. The number of methoxy groups -OCH3 is 1. The molecule has 1 saturated heterocycles. The van der Waals surface area contributed by atoms with Crippen molar-refractivity contribution in [2.45, 2.75) is 38.8 Å². The third-order valence-corrected chi connectivity index (χ3v) is 4.04. The zero-order valence-corrected chi connectivity index (χ0v) is 12.5. The second kappa shape index (κ2) is 6.27. The van der Waals surface area contributed by atoms with Crippen molar-refractivity contribution in [2.75, 3.05) is 13.7 Å².